The van der Waals surface area contributed by atoms with Crippen LogP contribution >= 0.6 is 11.8 Å². The molecule has 0 amide bonds. The molecule has 102 valence electrons. The number of benzene rings is 1. The summed E-state index contributed by atoms with van der Waals surface area (Å²) < 4.78 is 0. The molecule has 0 bridgehead atoms. The van der Waals surface area contributed by atoms with Gasteiger partial charge >= 0.3 is 0 Å². The summed E-state index contributed by atoms with van der Waals surface area (Å²) in [5, 5.41) is 3.62. The molecule has 2 heteroatoms. The van der Waals surface area contributed by atoms with E-state index in [-0.39, 0.29) is 0 Å². The summed E-state index contributed by atoms with van der Waals surface area (Å²) in [7, 11) is 0. The predicted octanol–water partition coefficient (Wildman–Crippen LogP) is 4.49. The van der Waals surface area contributed by atoms with Crippen LogP contribution in [0.1, 0.15) is 48.9 Å². The molecule has 0 aliphatic heterocycles. The zero-order valence-electron chi connectivity index (χ0n) is 12.3. The summed E-state index contributed by atoms with van der Waals surface area (Å²) in [6, 6.07) is 7.28. The molecule has 0 aliphatic carbocycles. The van der Waals surface area contributed by atoms with Crippen LogP contribution in [0, 0.1) is 13.8 Å². The van der Waals surface area contributed by atoms with Gasteiger partial charge in [-0.3, -0.25) is 0 Å². The molecule has 1 N–H and O–H groups in total. The Morgan fingerprint density at radius 1 is 1.06 bits per heavy atom. The molecule has 18 heavy (non-hydrogen) atoms. The van der Waals surface area contributed by atoms with E-state index < -0.39 is 0 Å². The second-order valence-electron chi connectivity index (χ2n) is 5.15. The fourth-order valence-electron chi connectivity index (χ4n) is 2.24. The Bertz CT molecular complexity index is 329. The molecule has 0 heterocycles. The molecule has 1 unspecified atom stereocenters. The molecule has 1 atom stereocenters. The van der Waals surface area contributed by atoms with Crippen LogP contribution in [0.15, 0.2) is 18.2 Å². The highest BCUT2D eigenvalue weighted by molar-refractivity contribution is 7.98. The Labute approximate surface area is 117 Å². The fourth-order valence-corrected chi connectivity index (χ4v) is 2.74. The van der Waals surface area contributed by atoms with Crippen LogP contribution in [0.25, 0.3) is 0 Å². The first kappa shape index (κ1) is 15.6. The van der Waals surface area contributed by atoms with E-state index in [1.54, 1.807) is 0 Å². The normalized spacial score (nSPS) is 12.7. The zero-order chi connectivity index (χ0) is 13.4. The van der Waals surface area contributed by atoms with Crippen LogP contribution in [-0.4, -0.2) is 18.6 Å². The van der Waals surface area contributed by atoms with Crippen LogP contribution in [0.5, 0.6) is 0 Å². The maximum atomic E-state index is 3.62. The first-order valence-corrected chi connectivity index (χ1v) is 8.33. The Morgan fingerprint density at radius 2 is 1.72 bits per heavy atom. The number of unbranched alkanes of at least 4 members (excludes halogenated alkanes) is 2. The Morgan fingerprint density at radius 3 is 2.33 bits per heavy atom. The molecule has 0 radical (unpaired) electrons. The largest absolute Gasteiger partial charge is 0.310 e. The summed E-state index contributed by atoms with van der Waals surface area (Å²) in [6.45, 7) is 7.73. The first-order valence-electron chi connectivity index (χ1n) is 6.94. The monoisotopic (exact) mass is 265 g/mol. The lowest BCUT2D eigenvalue weighted by Gasteiger charge is -2.15. The fraction of sp³-hybridized carbons (Fsp3) is 0.625. The van der Waals surface area contributed by atoms with Crippen molar-refractivity contribution in [2.45, 2.75) is 46.1 Å². The number of hydrogen-bond acceptors (Lipinski definition) is 2. The highest BCUT2D eigenvalue weighted by Gasteiger charge is 2.05. The summed E-state index contributed by atoms with van der Waals surface area (Å²) in [6.07, 6.45) is 6.16. The Hall–Kier alpha value is -0.470. The van der Waals surface area contributed by atoms with Crippen molar-refractivity contribution in [2.75, 3.05) is 18.6 Å². The van der Waals surface area contributed by atoms with Gasteiger partial charge in [0.15, 0.2) is 0 Å². The van der Waals surface area contributed by atoms with E-state index in [0.717, 1.165) is 6.54 Å². The van der Waals surface area contributed by atoms with Gasteiger partial charge in [-0.15, -0.1) is 0 Å². The molecule has 0 aromatic heterocycles. The molecule has 1 rings (SSSR count). The second kappa shape index (κ2) is 8.60. The lowest BCUT2D eigenvalue weighted by atomic mass is 10.0. The summed E-state index contributed by atoms with van der Waals surface area (Å²) in [4.78, 5) is 0. The Balaban J connectivity index is 2.29. The van der Waals surface area contributed by atoms with Crippen molar-refractivity contribution in [3.05, 3.63) is 34.9 Å². The minimum absolute atomic E-state index is 0.462. The van der Waals surface area contributed by atoms with Crippen molar-refractivity contribution in [1.82, 2.24) is 5.32 Å². The van der Waals surface area contributed by atoms with Crippen LogP contribution in [0.4, 0.5) is 0 Å². The smallest absolute Gasteiger partial charge is 0.0291 e. The van der Waals surface area contributed by atoms with Crippen molar-refractivity contribution in [3.63, 3.8) is 0 Å². The van der Waals surface area contributed by atoms with E-state index in [2.05, 4.69) is 50.5 Å². The third kappa shape index (κ3) is 5.92. The van der Waals surface area contributed by atoms with E-state index in [1.165, 1.54) is 41.7 Å². The maximum Gasteiger partial charge on any atom is 0.0291 e. The first-order chi connectivity index (χ1) is 8.63. The van der Waals surface area contributed by atoms with Crippen molar-refractivity contribution < 1.29 is 0 Å². The molecular formula is C16H27NS. The molecule has 0 saturated heterocycles. The number of aryl methyl sites for hydroxylation is 2. The SMILES string of the molecule is CSCCCCCNC(C)c1cc(C)cc(C)c1. The summed E-state index contributed by atoms with van der Waals surface area (Å²) in [5.41, 5.74) is 4.13. The van der Waals surface area contributed by atoms with E-state index in [1.807, 2.05) is 11.8 Å². The Kier molecular flexibility index (Phi) is 7.45. The highest BCUT2D eigenvalue weighted by Crippen LogP contribution is 2.16. The third-order valence-corrected chi connectivity index (χ3v) is 3.92. The molecule has 0 aliphatic rings. The van der Waals surface area contributed by atoms with E-state index in [0.29, 0.717) is 6.04 Å². The van der Waals surface area contributed by atoms with Gasteiger partial charge in [-0.1, -0.05) is 35.7 Å². The lowest BCUT2D eigenvalue weighted by Crippen LogP contribution is -2.20. The van der Waals surface area contributed by atoms with Gasteiger partial charge in [0.25, 0.3) is 0 Å². The molecule has 1 aromatic rings. The van der Waals surface area contributed by atoms with Crippen molar-refractivity contribution >= 4 is 11.8 Å². The van der Waals surface area contributed by atoms with Crippen molar-refractivity contribution in [3.8, 4) is 0 Å². The van der Waals surface area contributed by atoms with Crippen molar-refractivity contribution in [1.29, 1.82) is 0 Å². The van der Waals surface area contributed by atoms with E-state index in [9.17, 15) is 0 Å². The average molecular weight is 265 g/mol. The molecule has 0 fully saturated rings. The quantitative estimate of drug-likeness (QED) is 0.695. The molecule has 0 saturated carbocycles. The van der Waals surface area contributed by atoms with Crippen molar-refractivity contribution in [2.24, 2.45) is 0 Å². The van der Waals surface area contributed by atoms with Gasteiger partial charge in [0.1, 0.15) is 0 Å². The summed E-state index contributed by atoms with van der Waals surface area (Å²) in [5.74, 6) is 1.30. The third-order valence-electron chi connectivity index (χ3n) is 3.22. The van der Waals surface area contributed by atoms with Gasteiger partial charge < -0.3 is 5.32 Å². The average Bonchev–Trinajstić information content (AvgIpc) is 2.32. The number of nitrogens with one attached hydrogen (secondary N) is 1. The van der Waals surface area contributed by atoms with Gasteiger partial charge in [0.05, 0.1) is 0 Å². The van der Waals surface area contributed by atoms with Crippen LogP contribution in [0.3, 0.4) is 0 Å². The van der Waals surface area contributed by atoms with Crippen LogP contribution in [0.2, 0.25) is 0 Å². The van der Waals surface area contributed by atoms with Crippen LogP contribution < -0.4 is 5.32 Å². The number of hydrogen-bond donors (Lipinski definition) is 1. The molecular weight excluding hydrogens is 238 g/mol. The minimum atomic E-state index is 0.462. The topological polar surface area (TPSA) is 12.0 Å². The van der Waals surface area contributed by atoms with Gasteiger partial charge in [-0.2, -0.15) is 11.8 Å². The van der Waals surface area contributed by atoms with Gasteiger partial charge in [-0.25, -0.2) is 0 Å². The predicted molar refractivity (Wildman–Crippen MR) is 84.6 cm³/mol. The number of rotatable bonds is 8. The second-order valence-corrected chi connectivity index (χ2v) is 6.14. The zero-order valence-corrected chi connectivity index (χ0v) is 13.1. The maximum absolute atomic E-state index is 3.62. The molecule has 1 aromatic carbocycles. The van der Waals surface area contributed by atoms with E-state index >= 15 is 0 Å². The van der Waals surface area contributed by atoms with E-state index in [4.69, 9.17) is 0 Å². The van der Waals surface area contributed by atoms with Gasteiger partial charge in [0, 0.05) is 6.04 Å². The minimum Gasteiger partial charge on any atom is -0.310 e. The molecule has 0 spiro atoms. The van der Waals surface area contributed by atoms with Crippen LogP contribution in [-0.2, 0) is 0 Å². The standard InChI is InChI=1S/C16H27NS/c1-13-10-14(2)12-16(11-13)15(3)17-8-6-5-7-9-18-4/h10-12,15,17H,5-9H2,1-4H3. The lowest BCUT2D eigenvalue weighted by molar-refractivity contribution is 0.544. The van der Waals surface area contributed by atoms with Gasteiger partial charge in [0.2, 0.25) is 0 Å². The number of thioether (sulfide) groups is 1. The van der Waals surface area contributed by atoms with Gasteiger partial charge in [-0.05, 0) is 57.7 Å². The highest BCUT2D eigenvalue weighted by atomic mass is 32.2. The summed E-state index contributed by atoms with van der Waals surface area (Å²) >= 11 is 1.95. The molecule has 1 nitrogen and oxygen atoms in total.